The van der Waals surface area contributed by atoms with Gasteiger partial charge < -0.3 is 34.1 Å². The number of carbonyl (C=O) groups excluding carboxylic acids is 5. The highest BCUT2D eigenvalue weighted by Crippen LogP contribution is 2.42. The molecule has 354 valence electrons. The van der Waals surface area contributed by atoms with Crippen molar-refractivity contribution in [1.82, 2.24) is 45.0 Å². The second-order valence-corrected chi connectivity index (χ2v) is 19.9. The molecule has 1 unspecified atom stereocenters. The average Bonchev–Trinajstić information content (AvgIpc) is 3.89. The third-order valence-corrected chi connectivity index (χ3v) is 14.1. The van der Waals surface area contributed by atoms with E-state index in [1.807, 2.05) is 32.2 Å². The Balaban J connectivity index is 1.25. The number of hydrogen-bond acceptors (Lipinski definition) is 11. The highest BCUT2D eigenvalue weighted by atomic mass is 32.1. The quantitative estimate of drug-likeness (QED) is 0.134. The zero-order chi connectivity index (χ0) is 47.6. The summed E-state index contributed by atoms with van der Waals surface area (Å²) in [5.41, 5.74) is 9.25. The van der Waals surface area contributed by atoms with Crippen LogP contribution in [0.4, 0.5) is 4.79 Å². The number of cyclic esters (lactones) is 1. The molecule has 6 bridgehead atoms. The third kappa shape index (κ3) is 9.88. The molecule has 2 N–H and O–H groups in total. The second kappa shape index (κ2) is 20.1. The van der Waals surface area contributed by atoms with Crippen molar-refractivity contribution in [3.63, 3.8) is 0 Å². The number of nitrogens with one attached hydrogen (secondary N) is 2. The molecular weight excluding hydrogens is 859 g/mol. The van der Waals surface area contributed by atoms with E-state index in [2.05, 4.69) is 66.9 Å². The lowest BCUT2D eigenvalue weighted by Crippen LogP contribution is -2.64. The Hall–Kier alpha value is -5.65. The maximum atomic E-state index is 14.6. The number of amides is 5. The van der Waals surface area contributed by atoms with E-state index in [-0.39, 0.29) is 43.0 Å². The molecule has 2 saturated heterocycles. The highest BCUT2D eigenvalue weighted by molar-refractivity contribution is 7.10. The summed E-state index contributed by atoms with van der Waals surface area (Å²) in [5.74, 6) is -1.94. The molecule has 3 aliphatic rings. The predicted octanol–water partition coefficient (Wildman–Crippen LogP) is 6.00. The smallest absolute Gasteiger partial charge is 0.324 e. The number of hydrogen-bond donors (Lipinski definition) is 2. The van der Waals surface area contributed by atoms with Gasteiger partial charge in [-0.05, 0) is 81.4 Å². The standard InChI is InChI=1S/C49H65N9O7S/c1-11-41(59)54(8)26-32-19-22-57(32)48(63)55(9)43(29(3)4)45(60)52-37-24-40-51-38(27-66-40)31-17-18-39-34(23-31)35(44(56(39)12-2)33-15-13-20-50-42(33)30(5)64-10)25-49(6,7)28-65-47(62)36-16-14-21-58(53-36)46(37)61/h11,13,15,17-18,20,23,27,29-30,32,36-37,43,53H,1,12,14,16,19,21-22,24-26,28H2,2-10H3,(H,52,60)/t30-,32-,36-,37-,43?/m0/s1. The minimum atomic E-state index is -1.09. The van der Waals surface area contributed by atoms with Crippen molar-refractivity contribution >= 4 is 52.0 Å². The molecule has 7 rings (SSSR count). The van der Waals surface area contributed by atoms with Crippen LogP contribution in [0, 0.1) is 11.3 Å². The van der Waals surface area contributed by atoms with E-state index in [1.165, 1.54) is 32.2 Å². The number of hydrazine groups is 1. The van der Waals surface area contributed by atoms with Gasteiger partial charge in [-0.25, -0.2) is 15.2 Å². The number of aromatic nitrogens is 3. The van der Waals surface area contributed by atoms with Crippen molar-refractivity contribution in [2.24, 2.45) is 11.3 Å². The zero-order valence-electron chi connectivity index (χ0n) is 39.8. The summed E-state index contributed by atoms with van der Waals surface area (Å²) in [6, 6.07) is 7.05. The van der Waals surface area contributed by atoms with E-state index < -0.39 is 41.3 Å². The largest absolute Gasteiger partial charge is 0.464 e. The number of likely N-dealkylation sites (N-methyl/N-ethyl adjacent to an activating group) is 2. The average molecular weight is 924 g/mol. The first-order chi connectivity index (χ1) is 31.5. The van der Waals surface area contributed by atoms with E-state index in [9.17, 15) is 24.0 Å². The highest BCUT2D eigenvalue weighted by Gasteiger charge is 2.41. The molecule has 3 aliphatic heterocycles. The van der Waals surface area contributed by atoms with Gasteiger partial charge in [-0.3, -0.25) is 29.2 Å². The summed E-state index contributed by atoms with van der Waals surface area (Å²) in [6.45, 7) is 17.5. The number of aryl methyl sites for hydroxylation is 1. The van der Waals surface area contributed by atoms with Crippen molar-refractivity contribution in [2.75, 3.05) is 47.4 Å². The van der Waals surface area contributed by atoms with E-state index in [1.54, 1.807) is 32.3 Å². The fourth-order valence-corrected chi connectivity index (χ4v) is 10.4. The minimum Gasteiger partial charge on any atom is -0.464 e. The van der Waals surface area contributed by atoms with Crippen molar-refractivity contribution in [2.45, 2.75) is 110 Å². The van der Waals surface area contributed by atoms with E-state index in [0.29, 0.717) is 50.4 Å². The van der Waals surface area contributed by atoms with Crippen LogP contribution in [0.1, 0.15) is 83.2 Å². The molecule has 0 saturated carbocycles. The van der Waals surface area contributed by atoms with Crippen LogP contribution < -0.4 is 10.7 Å². The molecule has 1 aromatic carbocycles. The van der Waals surface area contributed by atoms with Gasteiger partial charge in [0.2, 0.25) is 11.8 Å². The summed E-state index contributed by atoms with van der Waals surface area (Å²) in [4.78, 5) is 83.7. The van der Waals surface area contributed by atoms with Crippen LogP contribution in [0.15, 0.2) is 54.6 Å². The first kappa shape index (κ1) is 48.3. The minimum absolute atomic E-state index is 0.0718. The van der Waals surface area contributed by atoms with Crippen LogP contribution in [-0.2, 0) is 48.0 Å². The van der Waals surface area contributed by atoms with Gasteiger partial charge in [-0.2, -0.15) is 0 Å². The first-order valence-electron chi connectivity index (χ1n) is 23.0. The Kier molecular flexibility index (Phi) is 14.7. The summed E-state index contributed by atoms with van der Waals surface area (Å²) in [7, 11) is 4.95. The fraction of sp³-hybridized carbons (Fsp3) is 0.531. The Morgan fingerprint density at radius 3 is 2.59 bits per heavy atom. The Bertz CT molecular complexity index is 2480. The Morgan fingerprint density at radius 1 is 1.14 bits per heavy atom. The predicted molar refractivity (Wildman–Crippen MR) is 254 cm³/mol. The summed E-state index contributed by atoms with van der Waals surface area (Å²) in [5, 5.41) is 8.10. The van der Waals surface area contributed by atoms with Crippen LogP contribution in [0.2, 0.25) is 0 Å². The molecule has 0 spiro atoms. The van der Waals surface area contributed by atoms with Gasteiger partial charge in [0.05, 0.1) is 40.8 Å². The maximum absolute atomic E-state index is 14.6. The van der Waals surface area contributed by atoms with Crippen LogP contribution in [0.5, 0.6) is 0 Å². The molecule has 5 atom stereocenters. The molecular formula is C49H65N9O7S. The molecule has 2 fully saturated rings. The lowest BCUT2D eigenvalue weighted by atomic mass is 9.84. The molecule has 17 heteroatoms. The molecule has 0 radical (unpaired) electrons. The monoisotopic (exact) mass is 923 g/mol. The number of methoxy groups -OCH3 is 1. The van der Waals surface area contributed by atoms with Crippen LogP contribution in [0.3, 0.4) is 0 Å². The number of likely N-dealkylation sites (tertiary alicyclic amines) is 1. The lowest BCUT2D eigenvalue weighted by Gasteiger charge is -2.45. The molecule has 3 aromatic heterocycles. The number of ether oxygens (including phenoxy) is 2. The maximum Gasteiger partial charge on any atom is 0.324 e. The summed E-state index contributed by atoms with van der Waals surface area (Å²) in [6.07, 6.45) is 5.14. The summed E-state index contributed by atoms with van der Waals surface area (Å²) >= 11 is 1.40. The summed E-state index contributed by atoms with van der Waals surface area (Å²) < 4.78 is 14.2. The normalized spacial score (nSPS) is 20.8. The third-order valence-electron chi connectivity index (χ3n) is 13.2. The van der Waals surface area contributed by atoms with Gasteiger partial charge in [0.25, 0.3) is 5.91 Å². The van der Waals surface area contributed by atoms with Crippen molar-refractivity contribution in [1.29, 1.82) is 0 Å². The lowest BCUT2D eigenvalue weighted by molar-refractivity contribution is -0.155. The van der Waals surface area contributed by atoms with E-state index >= 15 is 0 Å². The fourth-order valence-electron chi connectivity index (χ4n) is 9.51. The van der Waals surface area contributed by atoms with Crippen molar-refractivity contribution < 1.29 is 33.4 Å². The number of urea groups is 1. The molecule has 16 nitrogen and oxygen atoms in total. The number of pyridine rings is 1. The van der Waals surface area contributed by atoms with Crippen LogP contribution >= 0.6 is 11.3 Å². The molecule has 66 heavy (non-hydrogen) atoms. The van der Waals surface area contributed by atoms with Gasteiger partial charge in [0.15, 0.2) is 0 Å². The molecule has 5 amide bonds. The second-order valence-electron chi connectivity index (χ2n) is 18.9. The van der Waals surface area contributed by atoms with E-state index in [0.717, 1.165) is 51.1 Å². The first-order valence-corrected chi connectivity index (χ1v) is 23.9. The van der Waals surface area contributed by atoms with Crippen LogP contribution in [0.25, 0.3) is 33.4 Å². The van der Waals surface area contributed by atoms with Crippen molar-refractivity contribution in [3.05, 3.63) is 70.8 Å². The van der Waals surface area contributed by atoms with Gasteiger partial charge in [-0.1, -0.05) is 40.3 Å². The Morgan fingerprint density at radius 2 is 1.91 bits per heavy atom. The van der Waals surface area contributed by atoms with Crippen molar-refractivity contribution in [3.8, 4) is 22.5 Å². The number of nitrogens with zero attached hydrogens (tertiary/aromatic N) is 7. The Labute approximate surface area is 391 Å². The van der Waals surface area contributed by atoms with Gasteiger partial charge in [0.1, 0.15) is 18.1 Å². The molecule has 6 heterocycles. The van der Waals surface area contributed by atoms with E-state index in [4.69, 9.17) is 19.4 Å². The number of fused-ring (bicyclic) bond motifs is 6. The number of benzene rings is 1. The van der Waals surface area contributed by atoms with Gasteiger partial charge in [-0.15, -0.1) is 11.3 Å². The van der Waals surface area contributed by atoms with Gasteiger partial charge in [0, 0.05) is 92.8 Å². The van der Waals surface area contributed by atoms with Crippen LogP contribution in [-0.4, -0.2) is 136 Å². The SMILES string of the molecule is C=CC(=O)N(C)C[C@@H]1CCN1C(=O)N(C)C(C(=O)N[C@H]1Cc2nc(cs2)-c2ccc3c(c2)c(c(-c2cccnc2[C@H](C)OC)n3CC)CC(C)(C)COC(=O)[C@@H]2CCCN(N2)C1=O)C(C)C. The number of esters is 1. The van der Waals surface area contributed by atoms with Gasteiger partial charge >= 0.3 is 12.0 Å². The molecule has 4 aromatic rings. The molecule has 0 aliphatic carbocycles. The number of rotatable bonds is 11. The topological polar surface area (TPSA) is 172 Å². The number of thiazole rings is 1. The zero-order valence-corrected chi connectivity index (χ0v) is 40.6. The number of carbonyl (C=O) groups is 5.